The van der Waals surface area contributed by atoms with E-state index >= 15 is 0 Å². The monoisotopic (exact) mass is 1630 g/mol. The fraction of sp³-hybridized carbons (Fsp3) is 0.235. The fourth-order valence-corrected chi connectivity index (χ4v) is 19.5. The molecule has 0 radical (unpaired) electrons. The van der Waals surface area contributed by atoms with Gasteiger partial charge in [0.05, 0.1) is 42.8 Å². The van der Waals surface area contributed by atoms with Crippen molar-refractivity contribution in [3.63, 3.8) is 0 Å². The molecule has 1 aliphatic heterocycles. The van der Waals surface area contributed by atoms with Crippen molar-refractivity contribution in [1.82, 2.24) is 14.1 Å². The first-order chi connectivity index (χ1) is 59.4. The number of fused-ring (bicyclic) bond motifs is 11. The standard InChI is InChI=1S/C102H96N4OSi.Pt/c1-97(2,3)69-48-51-103-94(60-69)106-91-45-29-28-44-82(91)83-47-46-75(62-92(83)106)107-74-34-31-33-73(61-74)104-65-105-95-84(68-52-70(98(4,5)6)57-71(53-68)99(7,8)9)58-72(100(10,11)12)59-88(95)86-64-90-89(101(13,14)49-50-102(90,15)16)63-85(86)80-42-26-27-43-81(80)87-55-67(56-93(104)96(87)105)66-32-30-41-79(54-66)108(76-35-20-17-21-36-76,77-37-22-18-23-38-77)78-39-24-19-25-40-78;/h17-48,51-60,63-64H,49-50H2,1-16H3;/q-2;/i17D,18D,19D,20D,21D,22D,23D,24D,25D,30D,32D,35D,36D,37D,38D,39D,40D,41D,54D;. The third kappa shape index (κ3) is 12.7. The van der Waals surface area contributed by atoms with Gasteiger partial charge >= 0.3 is 0 Å². The van der Waals surface area contributed by atoms with Crippen LogP contribution >= 0.6 is 0 Å². The van der Waals surface area contributed by atoms with E-state index in [2.05, 4.69) is 205 Å². The number of nitrogens with zero attached hydrogens (tertiary/aromatic N) is 4. The summed E-state index contributed by atoms with van der Waals surface area (Å²) in [6.07, 6.45) is 7.59. The van der Waals surface area contributed by atoms with Gasteiger partial charge in [0.15, 0.2) is 8.07 Å². The zero-order valence-corrected chi connectivity index (χ0v) is 67.6. The predicted molar refractivity (Wildman–Crippen MR) is 454 cm³/mol. The molecule has 1 aliphatic carbocycles. The van der Waals surface area contributed by atoms with Crippen molar-refractivity contribution in [2.45, 2.75) is 156 Å². The molecule has 0 atom stereocenters. The van der Waals surface area contributed by atoms with Crippen molar-refractivity contribution in [1.29, 1.82) is 0 Å². The molecular weight excluding hydrogens is 1520 g/mol. The van der Waals surface area contributed by atoms with Gasteiger partial charge in [0.1, 0.15) is 5.82 Å². The molecule has 15 aromatic rings. The number of hydrogen-bond acceptors (Lipinski definition) is 2. The Bertz CT molecular complexity index is 7020. The van der Waals surface area contributed by atoms with Crippen LogP contribution < -0.4 is 30.1 Å². The topological polar surface area (TPSA) is 35.9 Å². The van der Waals surface area contributed by atoms with Crippen molar-refractivity contribution in [2.75, 3.05) is 0 Å². The molecule has 3 aromatic heterocycles. The Labute approximate surface area is 687 Å². The van der Waals surface area contributed by atoms with Gasteiger partial charge in [-0.25, -0.2) is 4.98 Å². The molecule has 0 fully saturated rings. The van der Waals surface area contributed by atoms with E-state index in [0.717, 1.165) is 96.0 Å². The summed E-state index contributed by atoms with van der Waals surface area (Å²) in [5.74, 6) is 1.27. The number of imidazole rings is 1. The van der Waals surface area contributed by atoms with Gasteiger partial charge in [-0.2, -0.15) is 18.2 Å². The molecule has 0 amide bonds. The van der Waals surface area contributed by atoms with E-state index in [-0.39, 0.29) is 59.5 Å². The Morgan fingerprint density at radius 3 is 1.59 bits per heavy atom. The smallest absolute Gasteiger partial charge is 0.268 e. The van der Waals surface area contributed by atoms with Gasteiger partial charge in [0.25, 0.3) is 6.33 Å². The summed E-state index contributed by atoms with van der Waals surface area (Å²) < 4.78 is 200. The van der Waals surface area contributed by atoms with E-state index in [1.165, 1.54) is 5.56 Å². The average molecular weight is 1640 g/mol. The second-order valence-electron chi connectivity index (χ2n) is 34.5. The van der Waals surface area contributed by atoms with Gasteiger partial charge in [0.2, 0.25) is 0 Å². The van der Waals surface area contributed by atoms with Crippen molar-refractivity contribution >= 4 is 61.7 Å². The molecule has 0 bridgehead atoms. The van der Waals surface area contributed by atoms with Gasteiger partial charge in [-0.1, -0.05) is 316 Å². The van der Waals surface area contributed by atoms with Gasteiger partial charge in [0, 0.05) is 44.3 Å². The first kappa shape index (κ1) is 53.6. The molecule has 4 heterocycles. The summed E-state index contributed by atoms with van der Waals surface area (Å²) in [6.45, 7) is 35.6. The Morgan fingerprint density at radius 1 is 0.440 bits per heavy atom. The third-order valence-electron chi connectivity index (χ3n) is 22.2. The van der Waals surface area contributed by atoms with Crippen molar-refractivity contribution < 1.29 is 56.4 Å². The number of benzene rings is 12. The van der Waals surface area contributed by atoms with E-state index < -0.39 is 155 Å². The van der Waals surface area contributed by atoms with E-state index in [9.17, 15) is 21.9 Å². The van der Waals surface area contributed by atoms with Crippen LogP contribution in [0.4, 0.5) is 0 Å². The number of pyridine rings is 1. The Morgan fingerprint density at radius 2 is 0.982 bits per heavy atom. The molecular formula is C102H96N4OPtSi-2. The minimum absolute atomic E-state index is 0. The van der Waals surface area contributed by atoms with E-state index in [1.54, 1.807) is 18.2 Å². The van der Waals surface area contributed by atoms with Crippen LogP contribution in [-0.4, -0.2) is 22.2 Å². The van der Waals surface area contributed by atoms with E-state index in [4.69, 9.17) is 13.8 Å². The van der Waals surface area contributed by atoms with Crippen LogP contribution in [0.2, 0.25) is 0 Å². The quantitative estimate of drug-likeness (QED) is 0.0592. The maximum absolute atomic E-state index is 11.3. The van der Waals surface area contributed by atoms with Crippen LogP contribution in [0.5, 0.6) is 11.5 Å². The maximum Gasteiger partial charge on any atom is 0.268 e. The van der Waals surface area contributed by atoms with Crippen LogP contribution in [0, 0.1) is 18.5 Å². The van der Waals surface area contributed by atoms with Crippen LogP contribution in [0.25, 0.3) is 106 Å². The Hall–Kier alpha value is -10.2. The number of para-hydroxylation sites is 1. The van der Waals surface area contributed by atoms with Crippen LogP contribution in [0.15, 0.2) is 267 Å². The predicted octanol–water partition coefficient (Wildman–Crippen LogP) is 23.2. The normalized spacial score (nSPS) is 16.5. The molecule has 546 valence electrons. The summed E-state index contributed by atoms with van der Waals surface area (Å²) in [6, 6.07) is 36.8. The summed E-state index contributed by atoms with van der Waals surface area (Å²) in [5, 5.41) is -1.85. The SMILES string of the molecule is [2H]c1c([2H])c([2H])c([Si](c2c([2H])c([2H])c([2H])c([2H])c2[2H])(c2c([2H])c([2H])c([2H])c([2H])c2[2H])c2c([2H])c([2H])c([2H])c(-c3cc4c5c(c3)n(-c3[c-]c(Oc6[c-]c7c(cc6)c6ccccc6n7-c6cc(C(C)(C)C)ccn6)ccc3)[c-][n+]5-c3c(-c5cc(C(C)(C)C)cc(C(C)(C)C)c5)cc(C(C)(C)C)cc3-c3cc5c(cc3-c3ccccc3-4)C(C)(C)CCC5(C)C)c2[2H])c([2H])c1[2H].[Pt]. The number of ether oxygens (including phenoxy) is 1. The summed E-state index contributed by atoms with van der Waals surface area (Å²) >= 11 is 0. The Kier molecular flexibility index (Phi) is 13.2. The third-order valence-corrected chi connectivity index (χ3v) is 26.2. The average Bonchev–Trinajstić information content (AvgIpc) is 0.908. The van der Waals surface area contributed by atoms with Gasteiger partial charge in [-0.3, -0.25) is 4.57 Å². The largest absolute Gasteiger partial charge is 0.510 e. The molecule has 109 heavy (non-hydrogen) atoms. The first-order valence-corrected chi connectivity index (χ1v) is 39.1. The van der Waals surface area contributed by atoms with Crippen molar-refractivity contribution in [3.8, 4) is 84.3 Å². The first-order valence-electron chi connectivity index (χ1n) is 46.6. The fourth-order valence-electron chi connectivity index (χ4n) is 16.0. The molecule has 0 saturated carbocycles. The number of rotatable bonds is 10. The Balaban J connectivity index is 0.0000120. The zero-order valence-electron chi connectivity index (χ0n) is 83.4. The van der Waals surface area contributed by atoms with Gasteiger partial charge in [-0.05, 0) is 196 Å². The minimum Gasteiger partial charge on any atom is -0.510 e. The molecule has 5 nitrogen and oxygen atoms in total. The second-order valence-corrected chi connectivity index (χ2v) is 38.0. The second kappa shape index (κ2) is 26.8. The molecule has 2 aliphatic rings. The molecule has 0 unspecified atom stereocenters. The maximum atomic E-state index is 11.3. The van der Waals surface area contributed by atoms with E-state index in [1.807, 2.05) is 71.4 Å². The number of aromatic nitrogens is 4. The van der Waals surface area contributed by atoms with Crippen LogP contribution in [-0.2, 0) is 53.6 Å². The molecule has 0 N–H and O–H groups in total. The van der Waals surface area contributed by atoms with Gasteiger partial charge in [-0.15, -0.1) is 29.7 Å². The van der Waals surface area contributed by atoms with Crippen molar-refractivity contribution in [3.05, 3.63) is 318 Å². The van der Waals surface area contributed by atoms with Crippen molar-refractivity contribution in [2.24, 2.45) is 0 Å². The number of hydrogen-bond donors (Lipinski definition) is 0. The molecule has 0 spiro atoms. The molecule has 7 heteroatoms. The summed E-state index contributed by atoms with van der Waals surface area (Å²) in [5.41, 5.74) is 13.9. The van der Waals surface area contributed by atoms with Crippen LogP contribution in [0.1, 0.15) is 183 Å². The van der Waals surface area contributed by atoms with E-state index in [0.29, 0.717) is 44.9 Å². The van der Waals surface area contributed by atoms with Crippen LogP contribution in [0.3, 0.4) is 0 Å². The molecule has 0 saturated heterocycles. The summed E-state index contributed by atoms with van der Waals surface area (Å²) in [4.78, 5) is 4.94. The summed E-state index contributed by atoms with van der Waals surface area (Å²) in [7, 11) is -6.35. The minimum atomic E-state index is -6.35. The zero-order chi connectivity index (χ0) is 91.7. The molecule has 17 rings (SSSR count). The molecule has 12 aromatic carbocycles. The van der Waals surface area contributed by atoms with Gasteiger partial charge < -0.3 is 13.9 Å².